The van der Waals surface area contributed by atoms with Crippen LogP contribution >= 0.6 is 0 Å². The van der Waals surface area contributed by atoms with E-state index in [0.717, 1.165) is 30.4 Å². The second-order valence-electron chi connectivity index (χ2n) is 3.31. The van der Waals surface area contributed by atoms with Crippen LogP contribution in [0.2, 0.25) is 0 Å². The second-order valence-corrected chi connectivity index (χ2v) is 3.31. The molecule has 1 fully saturated rings. The van der Waals surface area contributed by atoms with Crippen LogP contribution in [0.1, 0.15) is 25.7 Å². The van der Waals surface area contributed by atoms with Crippen LogP contribution in [0, 0.1) is 0 Å². The van der Waals surface area contributed by atoms with Crippen molar-refractivity contribution in [3.63, 3.8) is 0 Å². The maximum Gasteiger partial charge on any atom is -0.00340 e. The standard InChI is InChI=1S/C11H12O/c1-8-6-7-9-4-2-3-5-10(9)11(8)12/h6,12H,1-5H2/p-1. The van der Waals surface area contributed by atoms with Crippen molar-refractivity contribution in [3.8, 4) is 0 Å². The van der Waals surface area contributed by atoms with Crippen molar-refractivity contribution in [1.82, 2.24) is 0 Å². The molecular formula is C11H11O-. The van der Waals surface area contributed by atoms with Crippen LogP contribution in [-0.2, 0) is 0 Å². The summed E-state index contributed by atoms with van der Waals surface area (Å²) < 4.78 is 0. The molecule has 0 heterocycles. The maximum atomic E-state index is 11.5. The van der Waals surface area contributed by atoms with E-state index in [0.29, 0.717) is 5.57 Å². The van der Waals surface area contributed by atoms with Crippen LogP contribution in [0.5, 0.6) is 0 Å². The van der Waals surface area contributed by atoms with Gasteiger partial charge in [-0.15, -0.1) is 5.73 Å². The van der Waals surface area contributed by atoms with Crippen LogP contribution in [0.15, 0.2) is 40.9 Å². The molecule has 0 aromatic rings. The number of fused-ring (bicyclic) bond motifs is 1. The van der Waals surface area contributed by atoms with Gasteiger partial charge in [-0.2, -0.15) is 0 Å². The summed E-state index contributed by atoms with van der Waals surface area (Å²) >= 11 is 0. The minimum absolute atomic E-state index is 0.142. The topological polar surface area (TPSA) is 23.1 Å². The molecule has 2 rings (SSSR count). The quantitative estimate of drug-likeness (QED) is 0.494. The van der Waals surface area contributed by atoms with Crippen LogP contribution in [0.3, 0.4) is 0 Å². The summed E-state index contributed by atoms with van der Waals surface area (Å²) in [6, 6.07) is 0. The Morgan fingerprint density at radius 2 is 2.08 bits per heavy atom. The molecule has 62 valence electrons. The molecular weight excluding hydrogens is 148 g/mol. The number of hydrogen-bond acceptors (Lipinski definition) is 1. The van der Waals surface area contributed by atoms with Gasteiger partial charge in [0.05, 0.1) is 0 Å². The van der Waals surface area contributed by atoms with Crippen molar-refractivity contribution in [3.05, 3.63) is 40.9 Å². The lowest BCUT2D eigenvalue weighted by molar-refractivity contribution is -0.298. The first-order chi connectivity index (χ1) is 5.79. The van der Waals surface area contributed by atoms with Gasteiger partial charge in [-0.05, 0) is 48.5 Å². The molecule has 0 unspecified atom stereocenters. The first-order valence-corrected chi connectivity index (χ1v) is 4.34. The third kappa shape index (κ3) is 1.03. The average Bonchev–Trinajstić information content (AvgIpc) is 2.12. The third-order valence-corrected chi connectivity index (χ3v) is 2.45. The van der Waals surface area contributed by atoms with E-state index in [1.807, 2.05) is 0 Å². The van der Waals surface area contributed by atoms with Crippen molar-refractivity contribution < 1.29 is 5.11 Å². The van der Waals surface area contributed by atoms with Crippen LogP contribution in [0.4, 0.5) is 0 Å². The van der Waals surface area contributed by atoms with Crippen LogP contribution in [0.25, 0.3) is 0 Å². The molecule has 1 nitrogen and oxygen atoms in total. The molecule has 0 aromatic carbocycles. The average molecular weight is 159 g/mol. The first-order valence-electron chi connectivity index (χ1n) is 4.34. The van der Waals surface area contributed by atoms with E-state index >= 15 is 0 Å². The Hall–Kier alpha value is -1.20. The predicted molar refractivity (Wildman–Crippen MR) is 46.2 cm³/mol. The number of allylic oxidation sites excluding steroid dienone is 2. The highest BCUT2D eigenvalue weighted by atomic mass is 16.3. The summed E-state index contributed by atoms with van der Waals surface area (Å²) in [5, 5.41) is 11.5. The van der Waals surface area contributed by atoms with Crippen molar-refractivity contribution in [2.45, 2.75) is 25.7 Å². The zero-order valence-electron chi connectivity index (χ0n) is 7.02. The Balaban J connectivity index is 2.50. The second kappa shape index (κ2) is 2.69. The molecule has 1 heteroatoms. The molecule has 1 saturated carbocycles. The smallest absolute Gasteiger partial charge is 0.00340 e. The Bertz CT molecular complexity index is 325. The van der Waals surface area contributed by atoms with Gasteiger partial charge in [0, 0.05) is 0 Å². The van der Waals surface area contributed by atoms with Gasteiger partial charge in [0.2, 0.25) is 0 Å². The molecule has 0 saturated heterocycles. The Kier molecular flexibility index (Phi) is 1.67. The van der Waals surface area contributed by atoms with Crippen molar-refractivity contribution in [1.29, 1.82) is 0 Å². The van der Waals surface area contributed by atoms with E-state index in [9.17, 15) is 5.11 Å². The molecule has 0 aromatic heterocycles. The summed E-state index contributed by atoms with van der Waals surface area (Å²) in [5.41, 5.74) is 5.82. The normalized spacial score (nSPS) is 22.3. The summed E-state index contributed by atoms with van der Waals surface area (Å²) in [4.78, 5) is 0. The zero-order chi connectivity index (χ0) is 8.55. The summed E-state index contributed by atoms with van der Waals surface area (Å²) in [6.45, 7) is 3.68. The lowest BCUT2D eigenvalue weighted by Gasteiger charge is -2.27. The highest BCUT2D eigenvalue weighted by Crippen LogP contribution is 2.32. The fraction of sp³-hybridized carbons (Fsp3) is 0.364. The van der Waals surface area contributed by atoms with Crippen LogP contribution < -0.4 is 5.11 Å². The summed E-state index contributed by atoms with van der Waals surface area (Å²) in [5.74, 6) is 0.142. The maximum absolute atomic E-state index is 11.5. The van der Waals surface area contributed by atoms with Gasteiger partial charge in [0.15, 0.2) is 0 Å². The summed E-state index contributed by atoms with van der Waals surface area (Å²) in [7, 11) is 0. The van der Waals surface area contributed by atoms with Gasteiger partial charge in [0.1, 0.15) is 0 Å². The van der Waals surface area contributed by atoms with Gasteiger partial charge >= 0.3 is 0 Å². The Morgan fingerprint density at radius 1 is 1.33 bits per heavy atom. The third-order valence-electron chi connectivity index (χ3n) is 2.45. The molecule has 0 atom stereocenters. The fourth-order valence-electron chi connectivity index (χ4n) is 1.75. The fourth-order valence-corrected chi connectivity index (χ4v) is 1.75. The van der Waals surface area contributed by atoms with Crippen LogP contribution in [-0.4, -0.2) is 0 Å². The molecule has 0 aliphatic heterocycles. The van der Waals surface area contributed by atoms with Crippen molar-refractivity contribution in [2.24, 2.45) is 0 Å². The SMILES string of the molecule is C=C1C=C=C2CCCCC2=C1[O-]. The highest BCUT2D eigenvalue weighted by molar-refractivity contribution is 5.48. The van der Waals surface area contributed by atoms with E-state index in [1.54, 1.807) is 6.08 Å². The van der Waals surface area contributed by atoms with E-state index in [2.05, 4.69) is 12.3 Å². The Morgan fingerprint density at radius 3 is 2.92 bits per heavy atom. The minimum atomic E-state index is 0.142. The van der Waals surface area contributed by atoms with E-state index in [1.165, 1.54) is 6.42 Å². The van der Waals surface area contributed by atoms with Gasteiger partial charge in [-0.1, -0.05) is 12.3 Å². The molecule has 0 N–H and O–H groups in total. The number of hydrogen-bond donors (Lipinski definition) is 0. The van der Waals surface area contributed by atoms with E-state index in [-0.39, 0.29) is 5.76 Å². The molecule has 0 amide bonds. The van der Waals surface area contributed by atoms with Gasteiger partial charge < -0.3 is 5.11 Å². The first kappa shape index (κ1) is 7.45. The van der Waals surface area contributed by atoms with Crippen molar-refractivity contribution in [2.75, 3.05) is 0 Å². The molecule has 2 aliphatic rings. The van der Waals surface area contributed by atoms with Gasteiger partial charge in [-0.3, -0.25) is 0 Å². The molecule has 0 radical (unpaired) electrons. The molecule has 0 bridgehead atoms. The van der Waals surface area contributed by atoms with Gasteiger partial charge in [-0.25, -0.2) is 0 Å². The lowest BCUT2D eigenvalue weighted by atomic mass is 9.86. The van der Waals surface area contributed by atoms with E-state index < -0.39 is 0 Å². The zero-order valence-corrected chi connectivity index (χ0v) is 7.02. The van der Waals surface area contributed by atoms with E-state index in [4.69, 9.17) is 0 Å². The largest absolute Gasteiger partial charge is 0.872 e. The Labute approximate surface area is 72.4 Å². The summed E-state index contributed by atoms with van der Waals surface area (Å²) in [6.07, 6.45) is 5.99. The monoisotopic (exact) mass is 159 g/mol. The highest BCUT2D eigenvalue weighted by Gasteiger charge is 2.14. The molecule has 12 heavy (non-hydrogen) atoms. The predicted octanol–water partition coefficient (Wildman–Crippen LogP) is 1.83. The number of rotatable bonds is 0. The minimum Gasteiger partial charge on any atom is -0.872 e. The van der Waals surface area contributed by atoms with Crippen molar-refractivity contribution >= 4 is 0 Å². The van der Waals surface area contributed by atoms with Gasteiger partial charge in [0.25, 0.3) is 0 Å². The molecule has 2 aliphatic carbocycles. The molecule has 0 spiro atoms. The lowest BCUT2D eigenvalue weighted by Crippen LogP contribution is -2.14.